The van der Waals surface area contributed by atoms with E-state index in [1.54, 1.807) is 12.1 Å². The van der Waals surface area contributed by atoms with Crippen LogP contribution < -0.4 is 10.6 Å². The molecule has 2 rings (SSSR count). The quantitative estimate of drug-likeness (QED) is 0.880. The van der Waals surface area contributed by atoms with E-state index in [1.807, 2.05) is 37.3 Å². The van der Waals surface area contributed by atoms with Crippen LogP contribution in [-0.2, 0) is 6.54 Å². The minimum absolute atomic E-state index is 0.0799. The van der Waals surface area contributed by atoms with Gasteiger partial charge in [-0.05, 0) is 30.2 Å². The number of amides is 2. The summed E-state index contributed by atoms with van der Waals surface area (Å²) in [5.41, 5.74) is 1.76. The molecule has 1 unspecified atom stereocenters. The zero-order valence-electron chi connectivity index (χ0n) is 11.3. The lowest BCUT2D eigenvalue weighted by molar-refractivity contribution is 0.237. The Bertz CT molecular complexity index is 572. The molecule has 0 heterocycles. The number of halogens is 1. The highest BCUT2D eigenvalue weighted by Crippen LogP contribution is 2.10. The van der Waals surface area contributed by atoms with Crippen LogP contribution in [0.3, 0.4) is 0 Å². The third-order valence-corrected chi connectivity index (χ3v) is 2.99. The standard InChI is InChI=1S/C16H17FN2O/c1-12(14-7-3-2-4-8-14)19-16(20)18-11-13-6-5-9-15(17)10-13/h2-10,12H,11H2,1H3,(H2,18,19,20). The van der Waals surface area contributed by atoms with Gasteiger partial charge in [-0.15, -0.1) is 0 Å². The van der Waals surface area contributed by atoms with Crippen LogP contribution in [-0.4, -0.2) is 6.03 Å². The number of carbonyl (C=O) groups is 1. The molecule has 2 aromatic rings. The fourth-order valence-corrected chi connectivity index (χ4v) is 1.90. The van der Waals surface area contributed by atoms with E-state index in [9.17, 15) is 9.18 Å². The van der Waals surface area contributed by atoms with Crippen molar-refractivity contribution in [2.75, 3.05) is 0 Å². The lowest BCUT2D eigenvalue weighted by Gasteiger charge is -2.15. The first-order valence-electron chi connectivity index (χ1n) is 6.49. The van der Waals surface area contributed by atoms with Gasteiger partial charge in [0.15, 0.2) is 0 Å². The van der Waals surface area contributed by atoms with Crippen LogP contribution in [0.25, 0.3) is 0 Å². The lowest BCUT2D eigenvalue weighted by atomic mass is 10.1. The molecule has 0 saturated carbocycles. The second kappa shape index (κ2) is 6.70. The van der Waals surface area contributed by atoms with E-state index in [2.05, 4.69) is 10.6 Å². The van der Waals surface area contributed by atoms with Gasteiger partial charge in [-0.2, -0.15) is 0 Å². The summed E-state index contributed by atoms with van der Waals surface area (Å²) in [6, 6.07) is 15.5. The molecule has 0 aliphatic carbocycles. The third-order valence-electron chi connectivity index (χ3n) is 2.99. The summed E-state index contributed by atoms with van der Waals surface area (Å²) in [5.74, 6) is -0.303. The van der Waals surface area contributed by atoms with E-state index in [1.165, 1.54) is 12.1 Å². The van der Waals surface area contributed by atoms with E-state index >= 15 is 0 Å². The van der Waals surface area contributed by atoms with Crippen LogP contribution in [0.2, 0.25) is 0 Å². The van der Waals surface area contributed by atoms with Crippen LogP contribution in [0, 0.1) is 5.82 Å². The van der Waals surface area contributed by atoms with Crippen molar-refractivity contribution in [3.05, 3.63) is 71.5 Å². The molecule has 0 saturated heterocycles. The van der Waals surface area contributed by atoms with Crippen LogP contribution >= 0.6 is 0 Å². The Labute approximate surface area is 117 Å². The van der Waals surface area contributed by atoms with Gasteiger partial charge in [-0.1, -0.05) is 42.5 Å². The van der Waals surface area contributed by atoms with E-state index in [0.717, 1.165) is 11.1 Å². The first-order valence-corrected chi connectivity index (χ1v) is 6.49. The maximum atomic E-state index is 13.0. The summed E-state index contributed by atoms with van der Waals surface area (Å²) in [6.07, 6.45) is 0. The molecule has 20 heavy (non-hydrogen) atoms. The summed E-state index contributed by atoms with van der Waals surface area (Å²) < 4.78 is 13.0. The summed E-state index contributed by atoms with van der Waals surface area (Å²) in [5, 5.41) is 5.55. The zero-order chi connectivity index (χ0) is 14.4. The summed E-state index contributed by atoms with van der Waals surface area (Å²) in [6.45, 7) is 2.21. The average molecular weight is 272 g/mol. The average Bonchev–Trinajstić information content (AvgIpc) is 2.46. The molecule has 0 aliphatic heterocycles. The largest absolute Gasteiger partial charge is 0.334 e. The zero-order valence-corrected chi connectivity index (χ0v) is 11.3. The van der Waals surface area contributed by atoms with Gasteiger partial charge in [0.2, 0.25) is 0 Å². The molecule has 104 valence electrons. The molecule has 2 N–H and O–H groups in total. The smallest absolute Gasteiger partial charge is 0.315 e. The molecular weight excluding hydrogens is 255 g/mol. The van der Waals surface area contributed by atoms with Crippen molar-refractivity contribution in [1.29, 1.82) is 0 Å². The number of urea groups is 1. The predicted octanol–water partition coefficient (Wildman–Crippen LogP) is 3.39. The van der Waals surface area contributed by atoms with E-state index in [4.69, 9.17) is 0 Å². The highest BCUT2D eigenvalue weighted by molar-refractivity contribution is 5.74. The predicted molar refractivity (Wildman–Crippen MR) is 76.6 cm³/mol. The number of hydrogen-bond acceptors (Lipinski definition) is 1. The normalized spacial score (nSPS) is 11.7. The lowest BCUT2D eigenvalue weighted by Crippen LogP contribution is -2.36. The van der Waals surface area contributed by atoms with Crippen molar-refractivity contribution in [2.45, 2.75) is 19.5 Å². The number of rotatable bonds is 4. The highest BCUT2D eigenvalue weighted by atomic mass is 19.1. The molecular formula is C16H17FN2O. The van der Waals surface area contributed by atoms with Gasteiger partial charge in [-0.3, -0.25) is 0 Å². The Morgan fingerprint density at radius 2 is 1.90 bits per heavy atom. The summed E-state index contributed by atoms with van der Waals surface area (Å²) in [7, 11) is 0. The molecule has 0 radical (unpaired) electrons. The fraction of sp³-hybridized carbons (Fsp3) is 0.188. The Kier molecular flexibility index (Phi) is 4.71. The number of benzene rings is 2. The SMILES string of the molecule is CC(NC(=O)NCc1cccc(F)c1)c1ccccc1. The fourth-order valence-electron chi connectivity index (χ4n) is 1.90. The summed E-state index contributed by atoms with van der Waals surface area (Å²) >= 11 is 0. The molecule has 2 aromatic carbocycles. The molecule has 0 fully saturated rings. The second-order valence-electron chi connectivity index (χ2n) is 4.59. The molecule has 1 atom stereocenters. The maximum Gasteiger partial charge on any atom is 0.315 e. The van der Waals surface area contributed by atoms with Crippen molar-refractivity contribution in [3.63, 3.8) is 0 Å². The van der Waals surface area contributed by atoms with Crippen LogP contribution in [0.5, 0.6) is 0 Å². The van der Waals surface area contributed by atoms with Gasteiger partial charge in [0.25, 0.3) is 0 Å². The second-order valence-corrected chi connectivity index (χ2v) is 4.59. The topological polar surface area (TPSA) is 41.1 Å². The van der Waals surface area contributed by atoms with Gasteiger partial charge in [0, 0.05) is 6.54 Å². The highest BCUT2D eigenvalue weighted by Gasteiger charge is 2.08. The molecule has 0 aromatic heterocycles. The van der Waals surface area contributed by atoms with Crippen molar-refractivity contribution >= 4 is 6.03 Å². The number of carbonyl (C=O) groups excluding carboxylic acids is 1. The van der Waals surface area contributed by atoms with Crippen molar-refractivity contribution in [1.82, 2.24) is 10.6 Å². The first kappa shape index (κ1) is 14.1. The molecule has 3 nitrogen and oxygen atoms in total. The van der Waals surface area contributed by atoms with Gasteiger partial charge in [0.1, 0.15) is 5.82 Å². The van der Waals surface area contributed by atoms with E-state index < -0.39 is 0 Å². The Morgan fingerprint density at radius 3 is 2.60 bits per heavy atom. The van der Waals surface area contributed by atoms with Crippen molar-refractivity contribution < 1.29 is 9.18 Å². The first-order chi connectivity index (χ1) is 9.65. The molecule has 0 aliphatic rings. The Balaban J connectivity index is 1.84. The van der Waals surface area contributed by atoms with Crippen LogP contribution in [0.4, 0.5) is 9.18 Å². The van der Waals surface area contributed by atoms with Gasteiger partial charge < -0.3 is 10.6 Å². The molecule has 2 amide bonds. The van der Waals surface area contributed by atoms with Crippen molar-refractivity contribution in [2.24, 2.45) is 0 Å². The number of hydrogen-bond donors (Lipinski definition) is 2. The van der Waals surface area contributed by atoms with Crippen molar-refractivity contribution in [3.8, 4) is 0 Å². The minimum atomic E-state index is -0.303. The van der Waals surface area contributed by atoms with Gasteiger partial charge in [0.05, 0.1) is 6.04 Å². The Morgan fingerprint density at radius 1 is 1.15 bits per heavy atom. The van der Waals surface area contributed by atoms with E-state index in [-0.39, 0.29) is 17.9 Å². The molecule has 4 heteroatoms. The third kappa shape index (κ3) is 4.09. The Hall–Kier alpha value is -2.36. The van der Waals surface area contributed by atoms with Gasteiger partial charge >= 0.3 is 6.03 Å². The maximum absolute atomic E-state index is 13.0. The van der Waals surface area contributed by atoms with Crippen LogP contribution in [0.15, 0.2) is 54.6 Å². The van der Waals surface area contributed by atoms with Gasteiger partial charge in [-0.25, -0.2) is 9.18 Å². The van der Waals surface area contributed by atoms with Crippen LogP contribution in [0.1, 0.15) is 24.1 Å². The number of nitrogens with one attached hydrogen (secondary N) is 2. The monoisotopic (exact) mass is 272 g/mol. The summed E-state index contributed by atoms with van der Waals surface area (Å²) in [4.78, 5) is 11.8. The molecule has 0 spiro atoms. The minimum Gasteiger partial charge on any atom is -0.334 e. The molecule has 0 bridgehead atoms. The van der Waals surface area contributed by atoms with E-state index in [0.29, 0.717) is 6.54 Å².